The van der Waals surface area contributed by atoms with Gasteiger partial charge in [0.05, 0.1) is 6.54 Å². The Labute approximate surface area is 116 Å². The Hall–Kier alpha value is -1.21. The molecule has 0 aromatic heterocycles. The standard InChI is InChI=1S/C15H26N2O2/c1-6-9-16-12(2)11-13-8-7-10-17(13)14(18)19-15(3,4)5/h1,12-13,16H,7-11H2,2-5H3. The van der Waals surface area contributed by atoms with Gasteiger partial charge in [-0.25, -0.2) is 4.79 Å². The summed E-state index contributed by atoms with van der Waals surface area (Å²) < 4.78 is 5.45. The molecule has 4 heteroatoms. The van der Waals surface area contributed by atoms with Crippen LogP contribution in [0.2, 0.25) is 0 Å². The van der Waals surface area contributed by atoms with Crippen LogP contribution in [0.15, 0.2) is 0 Å². The van der Waals surface area contributed by atoms with Crippen LogP contribution < -0.4 is 5.32 Å². The van der Waals surface area contributed by atoms with Crippen LogP contribution in [-0.2, 0) is 4.74 Å². The fourth-order valence-electron chi connectivity index (χ4n) is 2.37. The second-order valence-electron chi connectivity index (χ2n) is 6.19. The summed E-state index contributed by atoms with van der Waals surface area (Å²) in [5.74, 6) is 2.57. The van der Waals surface area contributed by atoms with Crippen molar-refractivity contribution in [1.29, 1.82) is 0 Å². The maximum Gasteiger partial charge on any atom is 0.410 e. The van der Waals surface area contributed by atoms with Gasteiger partial charge in [0.25, 0.3) is 0 Å². The summed E-state index contributed by atoms with van der Waals surface area (Å²) in [6, 6.07) is 0.569. The predicted molar refractivity (Wildman–Crippen MR) is 76.9 cm³/mol. The van der Waals surface area contributed by atoms with Crippen LogP contribution >= 0.6 is 0 Å². The Kier molecular flexibility index (Phi) is 5.68. The van der Waals surface area contributed by atoms with E-state index in [1.807, 2.05) is 25.7 Å². The molecule has 19 heavy (non-hydrogen) atoms. The monoisotopic (exact) mass is 266 g/mol. The summed E-state index contributed by atoms with van der Waals surface area (Å²) >= 11 is 0. The van der Waals surface area contributed by atoms with Crippen molar-refractivity contribution in [3.63, 3.8) is 0 Å². The Morgan fingerprint density at radius 1 is 1.58 bits per heavy atom. The molecule has 1 saturated heterocycles. The Bertz CT molecular complexity index is 341. The number of carbonyl (C=O) groups is 1. The van der Waals surface area contributed by atoms with E-state index < -0.39 is 5.60 Å². The second-order valence-corrected chi connectivity index (χ2v) is 6.19. The van der Waals surface area contributed by atoms with Gasteiger partial charge in [-0.15, -0.1) is 6.42 Å². The van der Waals surface area contributed by atoms with Crippen LogP contribution in [0.4, 0.5) is 4.79 Å². The fraction of sp³-hybridized carbons (Fsp3) is 0.800. The largest absolute Gasteiger partial charge is 0.444 e. The summed E-state index contributed by atoms with van der Waals surface area (Å²) in [7, 11) is 0. The maximum atomic E-state index is 12.1. The average Bonchev–Trinajstić information content (AvgIpc) is 2.72. The molecule has 0 aromatic carbocycles. The molecule has 1 aliphatic heterocycles. The highest BCUT2D eigenvalue weighted by Crippen LogP contribution is 2.23. The second kappa shape index (κ2) is 6.81. The van der Waals surface area contributed by atoms with Crippen molar-refractivity contribution in [2.45, 2.75) is 64.6 Å². The maximum absolute atomic E-state index is 12.1. The van der Waals surface area contributed by atoms with Gasteiger partial charge >= 0.3 is 6.09 Å². The van der Waals surface area contributed by atoms with Crippen LogP contribution in [0.3, 0.4) is 0 Å². The molecule has 0 aliphatic carbocycles. The molecule has 0 aromatic rings. The van der Waals surface area contributed by atoms with Gasteiger partial charge in [0.15, 0.2) is 0 Å². The van der Waals surface area contributed by atoms with Crippen LogP contribution in [0.5, 0.6) is 0 Å². The molecule has 2 unspecified atom stereocenters. The van der Waals surface area contributed by atoms with E-state index in [9.17, 15) is 4.79 Å². The SMILES string of the molecule is C#CCNC(C)CC1CCCN1C(=O)OC(C)(C)C. The zero-order valence-corrected chi connectivity index (χ0v) is 12.5. The normalized spacial score (nSPS) is 21.0. The van der Waals surface area contributed by atoms with Crippen molar-refractivity contribution in [1.82, 2.24) is 10.2 Å². The third kappa shape index (κ3) is 5.52. The lowest BCUT2D eigenvalue weighted by Gasteiger charge is -2.30. The quantitative estimate of drug-likeness (QED) is 0.794. The number of rotatable bonds is 4. The Morgan fingerprint density at radius 3 is 2.84 bits per heavy atom. The van der Waals surface area contributed by atoms with Crippen LogP contribution in [-0.4, -0.2) is 41.8 Å². The first-order valence-corrected chi connectivity index (χ1v) is 7.00. The number of likely N-dealkylation sites (tertiary alicyclic amines) is 1. The third-order valence-corrected chi connectivity index (χ3v) is 3.18. The number of ether oxygens (including phenoxy) is 1. The molecular formula is C15H26N2O2. The first-order valence-electron chi connectivity index (χ1n) is 7.00. The van der Waals surface area contributed by atoms with Gasteiger partial charge in [-0.05, 0) is 47.0 Å². The van der Waals surface area contributed by atoms with Gasteiger partial charge in [-0.2, -0.15) is 0 Å². The molecule has 0 spiro atoms. The summed E-state index contributed by atoms with van der Waals surface area (Å²) in [5, 5.41) is 3.25. The van der Waals surface area contributed by atoms with Crippen molar-refractivity contribution in [2.75, 3.05) is 13.1 Å². The van der Waals surface area contributed by atoms with Crippen LogP contribution in [0, 0.1) is 12.3 Å². The number of nitrogens with one attached hydrogen (secondary N) is 1. The first-order chi connectivity index (χ1) is 8.83. The van der Waals surface area contributed by atoms with E-state index in [-0.39, 0.29) is 12.1 Å². The van der Waals surface area contributed by atoms with Gasteiger partial charge in [0.1, 0.15) is 5.60 Å². The van der Waals surface area contributed by atoms with Gasteiger partial charge in [0.2, 0.25) is 0 Å². The zero-order valence-electron chi connectivity index (χ0n) is 12.5. The van der Waals surface area contributed by atoms with Gasteiger partial charge in [-0.1, -0.05) is 5.92 Å². The summed E-state index contributed by atoms with van der Waals surface area (Å²) in [4.78, 5) is 14.0. The Morgan fingerprint density at radius 2 is 2.26 bits per heavy atom. The molecule has 1 amide bonds. The predicted octanol–water partition coefficient (Wildman–Crippen LogP) is 2.39. The molecule has 1 N–H and O–H groups in total. The van der Waals surface area contributed by atoms with Gasteiger partial charge in [-0.3, -0.25) is 0 Å². The van der Waals surface area contributed by atoms with E-state index >= 15 is 0 Å². The topological polar surface area (TPSA) is 41.6 Å². The number of nitrogens with zero attached hydrogens (tertiary/aromatic N) is 1. The molecule has 4 nitrogen and oxygen atoms in total. The van der Waals surface area contributed by atoms with E-state index in [1.165, 1.54) is 0 Å². The highest BCUT2D eigenvalue weighted by atomic mass is 16.6. The molecule has 2 atom stereocenters. The highest BCUT2D eigenvalue weighted by molar-refractivity contribution is 5.68. The molecule has 108 valence electrons. The lowest BCUT2D eigenvalue weighted by Crippen LogP contribution is -2.42. The van der Waals surface area contributed by atoms with Crippen molar-refractivity contribution in [2.24, 2.45) is 0 Å². The number of amides is 1. The van der Waals surface area contributed by atoms with E-state index in [4.69, 9.17) is 11.2 Å². The van der Waals surface area contributed by atoms with E-state index in [1.54, 1.807) is 0 Å². The van der Waals surface area contributed by atoms with E-state index in [0.717, 1.165) is 25.8 Å². The number of carbonyl (C=O) groups excluding carboxylic acids is 1. The Balaban J connectivity index is 2.50. The summed E-state index contributed by atoms with van der Waals surface area (Å²) in [6.07, 6.45) is 8.05. The van der Waals surface area contributed by atoms with Gasteiger partial charge < -0.3 is 15.0 Å². The zero-order chi connectivity index (χ0) is 14.5. The number of hydrogen-bond acceptors (Lipinski definition) is 3. The van der Waals surface area contributed by atoms with Crippen molar-refractivity contribution < 1.29 is 9.53 Å². The number of hydrogen-bond donors (Lipinski definition) is 1. The molecule has 0 radical (unpaired) electrons. The summed E-state index contributed by atoms with van der Waals surface area (Å²) in [5.41, 5.74) is -0.433. The van der Waals surface area contributed by atoms with Crippen molar-refractivity contribution >= 4 is 6.09 Å². The molecule has 1 aliphatic rings. The first kappa shape index (κ1) is 15.8. The van der Waals surface area contributed by atoms with Crippen LogP contribution in [0.1, 0.15) is 47.0 Å². The summed E-state index contributed by atoms with van der Waals surface area (Å²) in [6.45, 7) is 9.15. The van der Waals surface area contributed by atoms with E-state index in [0.29, 0.717) is 12.6 Å². The van der Waals surface area contributed by atoms with Crippen molar-refractivity contribution in [3.05, 3.63) is 0 Å². The van der Waals surface area contributed by atoms with Crippen LogP contribution in [0.25, 0.3) is 0 Å². The third-order valence-electron chi connectivity index (χ3n) is 3.18. The molecule has 1 heterocycles. The minimum atomic E-state index is -0.433. The molecule has 1 fully saturated rings. The average molecular weight is 266 g/mol. The number of terminal acetylenes is 1. The lowest BCUT2D eigenvalue weighted by molar-refractivity contribution is 0.0215. The fourth-order valence-corrected chi connectivity index (χ4v) is 2.37. The molecular weight excluding hydrogens is 240 g/mol. The van der Waals surface area contributed by atoms with E-state index in [2.05, 4.69) is 18.2 Å². The molecule has 1 rings (SSSR count). The molecule has 0 bridgehead atoms. The minimum absolute atomic E-state index is 0.195. The smallest absolute Gasteiger partial charge is 0.410 e. The van der Waals surface area contributed by atoms with Gasteiger partial charge in [0, 0.05) is 18.6 Å². The molecule has 0 saturated carbocycles. The minimum Gasteiger partial charge on any atom is -0.444 e. The lowest BCUT2D eigenvalue weighted by atomic mass is 10.1. The highest BCUT2D eigenvalue weighted by Gasteiger charge is 2.32. The van der Waals surface area contributed by atoms with Crippen molar-refractivity contribution in [3.8, 4) is 12.3 Å².